The first-order valence-corrected chi connectivity index (χ1v) is 7.53. The molecule has 0 radical (unpaired) electrons. The molecule has 0 bridgehead atoms. The Kier molecular flexibility index (Phi) is 4.29. The first kappa shape index (κ1) is 15.1. The first-order chi connectivity index (χ1) is 11.2. The highest BCUT2D eigenvalue weighted by molar-refractivity contribution is 5.87. The molecular formula is C20H18O3. The summed E-state index contributed by atoms with van der Waals surface area (Å²) in [5.41, 5.74) is 1.73. The van der Waals surface area contributed by atoms with Gasteiger partial charge in [-0.25, -0.2) is 0 Å². The number of carboxylic acid groups (broad SMARTS) is 1. The summed E-state index contributed by atoms with van der Waals surface area (Å²) in [7, 11) is 1.57. The summed E-state index contributed by atoms with van der Waals surface area (Å²) < 4.78 is 5.34. The summed E-state index contributed by atoms with van der Waals surface area (Å²) in [4.78, 5) is 11.9. The molecule has 0 spiro atoms. The van der Waals surface area contributed by atoms with E-state index in [1.54, 1.807) is 13.2 Å². The summed E-state index contributed by atoms with van der Waals surface area (Å²) in [5.74, 6) is -0.875. The molecule has 23 heavy (non-hydrogen) atoms. The van der Waals surface area contributed by atoms with Crippen LogP contribution in [0.15, 0.2) is 66.7 Å². The van der Waals surface area contributed by atoms with Crippen LogP contribution in [0.3, 0.4) is 0 Å². The van der Waals surface area contributed by atoms with Gasteiger partial charge in [0, 0.05) is 5.56 Å². The number of carbonyl (C=O) groups is 1. The molecule has 0 heterocycles. The Hall–Kier alpha value is -2.81. The lowest BCUT2D eigenvalue weighted by Gasteiger charge is -2.17. The summed E-state index contributed by atoms with van der Waals surface area (Å²) in [6, 6.07) is 21.4. The molecule has 0 aliphatic rings. The molecule has 1 N–H and O–H groups in total. The largest absolute Gasteiger partial charge is 0.496 e. The topological polar surface area (TPSA) is 46.5 Å². The number of ether oxygens (including phenoxy) is 1. The summed E-state index contributed by atoms with van der Waals surface area (Å²) in [6.45, 7) is 0. The van der Waals surface area contributed by atoms with Gasteiger partial charge in [0.2, 0.25) is 0 Å². The van der Waals surface area contributed by atoms with Crippen LogP contribution in [0.1, 0.15) is 17.0 Å². The van der Waals surface area contributed by atoms with Gasteiger partial charge in [-0.3, -0.25) is 4.79 Å². The molecule has 1 unspecified atom stereocenters. The molecule has 3 aromatic rings. The zero-order valence-electron chi connectivity index (χ0n) is 12.9. The van der Waals surface area contributed by atoms with E-state index in [2.05, 4.69) is 0 Å². The van der Waals surface area contributed by atoms with Gasteiger partial charge in [0.1, 0.15) is 5.75 Å². The van der Waals surface area contributed by atoms with E-state index < -0.39 is 11.9 Å². The molecule has 3 nitrogen and oxygen atoms in total. The predicted molar refractivity (Wildman–Crippen MR) is 91.0 cm³/mol. The van der Waals surface area contributed by atoms with Crippen LogP contribution in [0.4, 0.5) is 0 Å². The highest BCUT2D eigenvalue weighted by atomic mass is 16.5. The van der Waals surface area contributed by atoms with Crippen molar-refractivity contribution < 1.29 is 14.6 Å². The van der Waals surface area contributed by atoms with E-state index in [0.29, 0.717) is 17.7 Å². The van der Waals surface area contributed by atoms with Crippen LogP contribution in [0.5, 0.6) is 5.75 Å². The number of fused-ring (bicyclic) bond motifs is 1. The van der Waals surface area contributed by atoms with Crippen molar-refractivity contribution in [1.29, 1.82) is 0 Å². The standard InChI is InChI=1S/C20H18O3/c1-23-19-12-5-4-11-17(19)18(20(21)22)13-15-9-6-8-14-7-2-3-10-16(14)15/h2-12,18H,13H2,1H3,(H,21,22). The number of hydrogen-bond donors (Lipinski definition) is 1. The highest BCUT2D eigenvalue weighted by Gasteiger charge is 2.24. The summed E-state index contributed by atoms with van der Waals surface area (Å²) in [6.07, 6.45) is 0.428. The Morgan fingerprint density at radius 3 is 2.48 bits per heavy atom. The van der Waals surface area contributed by atoms with Crippen molar-refractivity contribution in [1.82, 2.24) is 0 Å². The Labute approximate surface area is 135 Å². The highest BCUT2D eigenvalue weighted by Crippen LogP contribution is 2.31. The van der Waals surface area contributed by atoms with Crippen LogP contribution < -0.4 is 4.74 Å². The van der Waals surface area contributed by atoms with Gasteiger partial charge < -0.3 is 9.84 Å². The molecule has 3 heteroatoms. The maximum atomic E-state index is 11.9. The lowest BCUT2D eigenvalue weighted by Crippen LogP contribution is -2.15. The fraction of sp³-hybridized carbons (Fsp3) is 0.150. The predicted octanol–water partition coefficient (Wildman–Crippen LogP) is 4.26. The van der Waals surface area contributed by atoms with E-state index in [9.17, 15) is 9.90 Å². The Morgan fingerprint density at radius 1 is 1.00 bits per heavy atom. The number of aliphatic carboxylic acids is 1. The zero-order valence-corrected chi connectivity index (χ0v) is 12.9. The average Bonchev–Trinajstić information content (AvgIpc) is 2.59. The van der Waals surface area contributed by atoms with Crippen molar-refractivity contribution in [2.24, 2.45) is 0 Å². The second-order valence-electron chi connectivity index (χ2n) is 5.48. The minimum atomic E-state index is -0.845. The van der Waals surface area contributed by atoms with Gasteiger partial charge in [0.05, 0.1) is 13.0 Å². The van der Waals surface area contributed by atoms with Gasteiger partial charge in [-0.05, 0) is 28.8 Å². The molecule has 3 aromatic carbocycles. The van der Waals surface area contributed by atoms with E-state index in [0.717, 1.165) is 16.3 Å². The molecule has 0 aromatic heterocycles. The third-order valence-corrected chi connectivity index (χ3v) is 4.12. The molecular weight excluding hydrogens is 288 g/mol. The smallest absolute Gasteiger partial charge is 0.311 e. The van der Waals surface area contributed by atoms with Crippen molar-refractivity contribution in [3.8, 4) is 5.75 Å². The fourth-order valence-electron chi connectivity index (χ4n) is 2.97. The zero-order chi connectivity index (χ0) is 16.2. The van der Waals surface area contributed by atoms with Crippen molar-refractivity contribution in [2.45, 2.75) is 12.3 Å². The van der Waals surface area contributed by atoms with E-state index in [1.807, 2.05) is 60.7 Å². The Morgan fingerprint density at radius 2 is 1.70 bits per heavy atom. The van der Waals surface area contributed by atoms with E-state index >= 15 is 0 Å². The molecule has 1 atom stereocenters. The number of benzene rings is 3. The van der Waals surface area contributed by atoms with Gasteiger partial charge in [-0.2, -0.15) is 0 Å². The summed E-state index contributed by atoms with van der Waals surface area (Å²) in [5, 5.41) is 11.9. The molecule has 0 saturated heterocycles. The second kappa shape index (κ2) is 6.53. The van der Waals surface area contributed by atoms with Gasteiger partial charge in [-0.15, -0.1) is 0 Å². The van der Waals surface area contributed by atoms with E-state index in [1.165, 1.54) is 0 Å². The van der Waals surface area contributed by atoms with Crippen LogP contribution >= 0.6 is 0 Å². The van der Waals surface area contributed by atoms with Gasteiger partial charge in [0.25, 0.3) is 0 Å². The lowest BCUT2D eigenvalue weighted by atomic mass is 9.89. The lowest BCUT2D eigenvalue weighted by molar-refractivity contribution is -0.138. The van der Waals surface area contributed by atoms with Crippen LogP contribution in [0, 0.1) is 0 Å². The van der Waals surface area contributed by atoms with Crippen molar-refractivity contribution in [3.05, 3.63) is 77.9 Å². The molecule has 0 fully saturated rings. The molecule has 116 valence electrons. The number of hydrogen-bond acceptors (Lipinski definition) is 2. The van der Waals surface area contributed by atoms with Crippen molar-refractivity contribution in [2.75, 3.05) is 7.11 Å². The molecule has 0 amide bonds. The first-order valence-electron chi connectivity index (χ1n) is 7.53. The van der Waals surface area contributed by atoms with Crippen molar-refractivity contribution in [3.63, 3.8) is 0 Å². The minimum absolute atomic E-state index is 0.428. The van der Waals surface area contributed by atoms with Crippen LogP contribution in [0.2, 0.25) is 0 Å². The second-order valence-corrected chi connectivity index (χ2v) is 5.48. The maximum absolute atomic E-state index is 11.9. The van der Waals surface area contributed by atoms with E-state index in [4.69, 9.17) is 4.74 Å². The van der Waals surface area contributed by atoms with E-state index in [-0.39, 0.29) is 0 Å². The van der Waals surface area contributed by atoms with Crippen LogP contribution in [-0.4, -0.2) is 18.2 Å². The summed E-state index contributed by atoms with van der Waals surface area (Å²) >= 11 is 0. The quantitative estimate of drug-likeness (QED) is 0.766. The third kappa shape index (κ3) is 3.04. The SMILES string of the molecule is COc1ccccc1C(Cc1cccc2ccccc12)C(=O)O. The normalized spacial score (nSPS) is 12.0. The van der Waals surface area contributed by atoms with Crippen LogP contribution in [-0.2, 0) is 11.2 Å². The minimum Gasteiger partial charge on any atom is -0.496 e. The molecule has 0 saturated carbocycles. The molecule has 3 rings (SSSR count). The number of para-hydroxylation sites is 1. The number of carboxylic acids is 1. The monoisotopic (exact) mass is 306 g/mol. The van der Waals surface area contributed by atoms with Gasteiger partial charge in [0.15, 0.2) is 0 Å². The van der Waals surface area contributed by atoms with Gasteiger partial charge in [-0.1, -0.05) is 60.7 Å². The van der Waals surface area contributed by atoms with Gasteiger partial charge >= 0.3 is 5.97 Å². The average molecular weight is 306 g/mol. The molecule has 0 aliphatic carbocycles. The molecule has 0 aliphatic heterocycles. The fourth-order valence-corrected chi connectivity index (χ4v) is 2.97. The Balaban J connectivity index is 2.04. The third-order valence-electron chi connectivity index (χ3n) is 4.12. The maximum Gasteiger partial charge on any atom is 0.311 e. The van der Waals surface area contributed by atoms with Crippen LogP contribution in [0.25, 0.3) is 10.8 Å². The number of rotatable bonds is 5. The number of methoxy groups -OCH3 is 1. The van der Waals surface area contributed by atoms with Crippen molar-refractivity contribution >= 4 is 16.7 Å². The Bertz CT molecular complexity index is 834.